The van der Waals surface area contributed by atoms with Crippen molar-refractivity contribution < 1.29 is 4.39 Å². The molecule has 0 fully saturated rings. The maximum absolute atomic E-state index is 13.7. The first-order chi connectivity index (χ1) is 12.1. The monoisotopic (exact) mass is 332 g/mol. The maximum Gasteiger partial charge on any atom is 0.140 e. The highest BCUT2D eigenvalue weighted by atomic mass is 19.1. The van der Waals surface area contributed by atoms with E-state index in [0.717, 1.165) is 22.8 Å². The Labute approximate surface area is 145 Å². The zero-order valence-corrected chi connectivity index (χ0v) is 14.0. The van der Waals surface area contributed by atoms with E-state index in [9.17, 15) is 4.39 Å². The van der Waals surface area contributed by atoms with Crippen molar-refractivity contribution in [1.82, 2.24) is 14.5 Å². The van der Waals surface area contributed by atoms with Gasteiger partial charge in [-0.15, -0.1) is 0 Å². The van der Waals surface area contributed by atoms with Gasteiger partial charge in [-0.2, -0.15) is 0 Å². The van der Waals surface area contributed by atoms with Gasteiger partial charge in [-0.3, -0.25) is 4.57 Å². The molecule has 0 aliphatic heterocycles. The fourth-order valence-electron chi connectivity index (χ4n) is 2.86. The van der Waals surface area contributed by atoms with Crippen molar-refractivity contribution in [3.05, 3.63) is 77.9 Å². The number of halogens is 1. The first kappa shape index (κ1) is 15.3. The van der Waals surface area contributed by atoms with Crippen LogP contribution in [0.1, 0.15) is 11.4 Å². The predicted octanol–water partition coefficient (Wildman–Crippen LogP) is 4.92. The van der Waals surface area contributed by atoms with E-state index in [1.165, 1.54) is 17.7 Å². The van der Waals surface area contributed by atoms with Gasteiger partial charge in [0, 0.05) is 11.8 Å². The van der Waals surface area contributed by atoms with Gasteiger partial charge in [-0.05, 0) is 50.2 Å². The predicted molar refractivity (Wildman–Crippen MR) is 98.0 cm³/mol. The number of aromatic nitrogens is 3. The van der Waals surface area contributed by atoms with Gasteiger partial charge in [0.25, 0.3) is 0 Å². The van der Waals surface area contributed by atoms with Gasteiger partial charge >= 0.3 is 0 Å². The second-order valence-electron chi connectivity index (χ2n) is 6.00. The standard InChI is InChI=1S/C20H17FN4/c1-13-6-9-16(10-7-13)23-19-4-3-5-20(24-19)25-14(2)22-17-11-8-15(21)12-18(17)25/h3-12H,1-2H3,(H,23,24). The Morgan fingerprint density at radius 1 is 0.920 bits per heavy atom. The molecule has 4 aromatic rings. The zero-order valence-electron chi connectivity index (χ0n) is 14.0. The van der Waals surface area contributed by atoms with E-state index in [2.05, 4.69) is 22.2 Å². The summed E-state index contributed by atoms with van der Waals surface area (Å²) in [7, 11) is 0. The molecule has 4 rings (SSSR count). The van der Waals surface area contributed by atoms with Crippen molar-refractivity contribution in [2.24, 2.45) is 0 Å². The molecule has 124 valence electrons. The number of fused-ring (bicyclic) bond motifs is 1. The molecule has 2 aromatic carbocycles. The summed E-state index contributed by atoms with van der Waals surface area (Å²) in [5, 5.41) is 3.29. The number of hydrogen-bond donors (Lipinski definition) is 1. The lowest BCUT2D eigenvalue weighted by atomic mass is 10.2. The van der Waals surface area contributed by atoms with Crippen molar-refractivity contribution in [2.45, 2.75) is 13.8 Å². The van der Waals surface area contributed by atoms with Crippen molar-refractivity contribution >= 4 is 22.5 Å². The quantitative estimate of drug-likeness (QED) is 0.579. The molecule has 4 nitrogen and oxygen atoms in total. The molecule has 0 unspecified atom stereocenters. The Hall–Kier alpha value is -3.21. The minimum atomic E-state index is -0.289. The van der Waals surface area contributed by atoms with Crippen LogP contribution in [-0.4, -0.2) is 14.5 Å². The molecule has 5 heteroatoms. The normalized spacial score (nSPS) is 11.0. The number of hydrogen-bond acceptors (Lipinski definition) is 3. The number of aryl methyl sites for hydroxylation is 2. The van der Waals surface area contributed by atoms with Crippen LogP contribution in [0.2, 0.25) is 0 Å². The van der Waals surface area contributed by atoms with Crippen LogP contribution < -0.4 is 5.32 Å². The highest BCUT2D eigenvalue weighted by Crippen LogP contribution is 2.23. The molecule has 0 spiro atoms. The molecular weight excluding hydrogens is 315 g/mol. The highest BCUT2D eigenvalue weighted by Gasteiger charge is 2.11. The molecule has 0 saturated carbocycles. The smallest absolute Gasteiger partial charge is 0.140 e. The number of pyridine rings is 1. The number of nitrogens with one attached hydrogen (secondary N) is 1. The average Bonchev–Trinajstić information content (AvgIpc) is 2.92. The van der Waals surface area contributed by atoms with Crippen LogP contribution >= 0.6 is 0 Å². The van der Waals surface area contributed by atoms with E-state index in [1.807, 2.05) is 54.0 Å². The molecule has 0 aliphatic carbocycles. The van der Waals surface area contributed by atoms with Crippen molar-refractivity contribution in [3.63, 3.8) is 0 Å². The SMILES string of the molecule is Cc1ccc(Nc2cccc(-n3c(C)nc4ccc(F)cc43)n2)cc1. The summed E-state index contributed by atoms with van der Waals surface area (Å²) in [5.74, 6) is 1.89. The Balaban J connectivity index is 1.76. The Morgan fingerprint density at radius 3 is 2.52 bits per heavy atom. The van der Waals surface area contributed by atoms with Crippen LogP contribution in [0, 0.1) is 19.7 Å². The Kier molecular flexibility index (Phi) is 3.69. The van der Waals surface area contributed by atoms with E-state index in [4.69, 9.17) is 0 Å². The molecule has 1 N–H and O–H groups in total. The summed E-state index contributed by atoms with van der Waals surface area (Å²) in [5.41, 5.74) is 3.62. The van der Waals surface area contributed by atoms with Crippen molar-refractivity contribution in [3.8, 4) is 5.82 Å². The molecule has 0 bridgehead atoms. The topological polar surface area (TPSA) is 42.7 Å². The van der Waals surface area contributed by atoms with E-state index in [0.29, 0.717) is 11.3 Å². The minimum Gasteiger partial charge on any atom is -0.340 e. The summed E-state index contributed by atoms with van der Waals surface area (Å²) < 4.78 is 15.5. The second kappa shape index (κ2) is 6.02. The second-order valence-corrected chi connectivity index (χ2v) is 6.00. The molecule has 0 aliphatic rings. The van der Waals surface area contributed by atoms with Gasteiger partial charge in [0.05, 0.1) is 11.0 Å². The van der Waals surface area contributed by atoms with Crippen LogP contribution in [0.3, 0.4) is 0 Å². The summed E-state index contributed by atoms with van der Waals surface area (Å²) in [6, 6.07) is 18.4. The van der Waals surface area contributed by atoms with E-state index < -0.39 is 0 Å². The van der Waals surface area contributed by atoms with Crippen molar-refractivity contribution in [1.29, 1.82) is 0 Å². The first-order valence-electron chi connectivity index (χ1n) is 8.06. The average molecular weight is 332 g/mol. The molecule has 0 amide bonds. The minimum absolute atomic E-state index is 0.289. The molecular formula is C20H17FN4. The Morgan fingerprint density at radius 2 is 1.72 bits per heavy atom. The van der Waals surface area contributed by atoms with Gasteiger partial charge in [0.15, 0.2) is 0 Å². The number of nitrogens with zero attached hydrogens (tertiary/aromatic N) is 3. The molecule has 0 saturated heterocycles. The van der Waals surface area contributed by atoms with Crippen LogP contribution in [0.4, 0.5) is 15.9 Å². The van der Waals surface area contributed by atoms with Crippen LogP contribution in [0.25, 0.3) is 16.9 Å². The zero-order chi connectivity index (χ0) is 17.4. The summed E-state index contributed by atoms with van der Waals surface area (Å²) in [6.07, 6.45) is 0. The number of rotatable bonds is 3. The third-order valence-corrected chi connectivity index (χ3v) is 4.07. The fraction of sp³-hybridized carbons (Fsp3) is 0.100. The largest absolute Gasteiger partial charge is 0.340 e. The van der Waals surface area contributed by atoms with Gasteiger partial charge in [-0.25, -0.2) is 14.4 Å². The van der Waals surface area contributed by atoms with Gasteiger partial charge in [-0.1, -0.05) is 23.8 Å². The fourth-order valence-corrected chi connectivity index (χ4v) is 2.86. The van der Waals surface area contributed by atoms with Crippen molar-refractivity contribution in [2.75, 3.05) is 5.32 Å². The van der Waals surface area contributed by atoms with Gasteiger partial charge in [0.2, 0.25) is 0 Å². The van der Waals surface area contributed by atoms with Gasteiger partial charge in [0.1, 0.15) is 23.3 Å². The summed E-state index contributed by atoms with van der Waals surface area (Å²) >= 11 is 0. The Bertz CT molecular complexity index is 1050. The molecule has 0 atom stereocenters. The van der Waals surface area contributed by atoms with E-state index >= 15 is 0 Å². The van der Waals surface area contributed by atoms with Crippen LogP contribution in [-0.2, 0) is 0 Å². The number of anilines is 2. The number of imidazole rings is 1. The highest BCUT2D eigenvalue weighted by molar-refractivity contribution is 5.78. The maximum atomic E-state index is 13.7. The first-order valence-corrected chi connectivity index (χ1v) is 8.06. The summed E-state index contributed by atoms with van der Waals surface area (Å²) in [6.45, 7) is 3.94. The van der Waals surface area contributed by atoms with E-state index in [1.54, 1.807) is 6.07 Å². The number of benzene rings is 2. The molecule has 2 heterocycles. The van der Waals surface area contributed by atoms with Gasteiger partial charge < -0.3 is 5.32 Å². The molecule has 25 heavy (non-hydrogen) atoms. The summed E-state index contributed by atoms with van der Waals surface area (Å²) in [4.78, 5) is 9.15. The van der Waals surface area contributed by atoms with E-state index in [-0.39, 0.29) is 5.82 Å². The molecule has 2 aromatic heterocycles. The van der Waals surface area contributed by atoms with Crippen LogP contribution in [0.15, 0.2) is 60.7 Å². The molecule has 0 radical (unpaired) electrons. The van der Waals surface area contributed by atoms with Crippen LogP contribution in [0.5, 0.6) is 0 Å². The lowest BCUT2D eigenvalue weighted by Gasteiger charge is -2.10. The lowest BCUT2D eigenvalue weighted by molar-refractivity contribution is 0.629. The lowest BCUT2D eigenvalue weighted by Crippen LogP contribution is -2.02. The third kappa shape index (κ3) is 2.96. The third-order valence-electron chi connectivity index (χ3n) is 4.07.